The molecule has 0 spiro atoms. The first-order valence-electron chi connectivity index (χ1n) is 9.27. The number of amides is 1. The van der Waals surface area contributed by atoms with Gasteiger partial charge in [0.2, 0.25) is 5.88 Å². The first kappa shape index (κ1) is 20.1. The Morgan fingerprint density at radius 1 is 1.31 bits per heavy atom. The average molecular weight is 478 g/mol. The van der Waals surface area contributed by atoms with Gasteiger partial charge in [-0.05, 0) is 58.9 Å². The van der Waals surface area contributed by atoms with Crippen LogP contribution in [0.25, 0.3) is 6.08 Å². The van der Waals surface area contributed by atoms with E-state index in [-0.39, 0.29) is 5.91 Å². The van der Waals surface area contributed by atoms with Gasteiger partial charge in [-0.15, -0.1) is 0 Å². The number of aliphatic imine (C=N–C) groups is 1. The zero-order chi connectivity index (χ0) is 20.2. The van der Waals surface area contributed by atoms with Gasteiger partial charge in [0.15, 0.2) is 5.17 Å². The summed E-state index contributed by atoms with van der Waals surface area (Å²) < 4.78 is 17.6. The second-order valence-electron chi connectivity index (χ2n) is 6.31. The number of anilines is 1. The van der Waals surface area contributed by atoms with Crippen LogP contribution in [0.4, 0.5) is 11.6 Å². The molecule has 9 heteroatoms. The van der Waals surface area contributed by atoms with E-state index >= 15 is 0 Å². The lowest BCUT2D eigenvalue weighted by Crippen LogP contribution is -2.36. The first-order chi connectivity index (χ1) is 14.1. The molecule has 0 atom stereocenters. The van der Waals surface area contributed by atoms with Crippen molar-refractivity contribution in [2.45, 2.75) is 6.92 Å². The Balaban J connectivity index is 1.48. The number of hydrogen-bond donors (Lipinski definition) is 1. The molecule has 0 radical (unpaired) electrons. The second-order valence-corrected chi connectivity index (χ2v) is 8.19. The lowest BCUT2D eigenvalue weighted by Gasteiger charge is -2.26. The standard InChI is InChI=1S/C20H20BrN3O4S/c1-2-27-14-5-3-13(4-6-14)22-20-23-18(25)17(29-20)12-15-11-16(21)19(28-15)24-7-9-26-10-8-24/h3-6,11-12H,2,7-10H2,1H3,(H,22,23,25)/b17-12-. The molecule has 2 aliphatic rings. The van der Waals surface area contributed by atoms with E-state index in [4.69, 9.17) is 13.9 Å². The summed E-state index contributed by atoms with van der Waals surface area (Å²) in [6.07, 6.45) is 1.73. The van der Waals surface area contributed by atoms with E-state index in [0.717, 1.165) is 34.9 Å². The molecule has 7 nitrogen and oxygen atoms in total. The lowest BCUT2D eigenvalue weighted by molar-refractivity contribution is -0.115. The molecule has 1 aromatic heterocycles. The Labute approximate surface area is 181 Å². The number of ether oxygens (including phenoxy) is 2. The quantitative estimate of drug-likeness (QED) is 0.651. The number of halogens is 1. The van der Waals surface area contributed by atoms with Gasteiger partial charge < -0.3 is 24.1 Å². The molecular weight excluding hydrogens is 458 g/mol. The second kappa shape index (κ2) is 9.06. The molecule has 2 aliphatic heterocycles. The minimum Gasteiger partial charge on any atom is -0.494 e. The largest absolute Gasteiger partial charge is 0.494 e. The summed E-state index contributed by atoms with van der Waals surface area (Å²) in [6.45, 7) is 5.45. The smallest absolute Gasteiger partial charge is 0.264 e. The highest BCUT2D eigenvalue weighted by Crippen LogP contribution is 2.34. The summed E-state index contributed by atoms with van der Waals surface area (Å²) >= 11 is 4.83. The summed E-state index contributed by atoms with van der Waals surface area (Å²) in [5.74, 6) is 1.96. The highest BCUT2D eigenvalue weighted by atomic mass is 79.9. The molecule has 2 aromatic rings. The van der Waals surface area contributed by atoms with Crippen molar-refractivity contribution in [3.05, 3.63) is 45.5 Å². The normalized spacial score (nSPS) is 19.8. The van der Waals surface area contributed by atoms with Crippen molar-refractivity contribution >= 4 is 56.4 Å². The first-order valence-corrected chi connectivity index (χ1v) is 10.9. The molecule has 1 amide bonds. The van der Waals surface area contributed by atoms with Crippen LogP contribution >= 0.6 is 27.7 Å². The van der Waals surface area contributed by atoms with Crippen molar-refractivity contribution < 1.29 is 18.7 Å². The zero-order valence-corrected chi connectivity index (χ0v) is 18.2. The van der Waals surface area contributed by atoms with Crippen LogP contribution in [0.3, 0.4) is 0 Å². The Kier molecular flexibility index (Phi) is 6.27. The third kappa shape index (κ3) is 4.85. The number of nitrogens with zero attached hydrogens (tertiary/aromatic N) is 2. The number of amidine groups is 1. The van der Waals surface area contributed by atoms with E-state index < -0.39 is 0 Å². The number of carbonyl (C=O) groups is 1. The Bertz CT molecular complexity index is 949. The molecule has 4 rings (SSSR count). The maximum absolute atomic E-state index is 12.3. The van der Waals surface area contributed by atoms with E-state index in [1.54, 1.807) is 6.08 Å². The molecule has 0 unspecified atom stereocenters. The van der Waals surface area contributed by atoms with E-state index in [1.807, 2.05) is 37.3 Å². The summed E-state index contributed by atoms with van der Waals surface area (Å²) in [7, 11) is 0. The van der Waals surface area contributed by atoms with Crippen LogP contribution < -0.4 is 15.0 Å². The summed E-state index contributed by atoms with van der Waals surface area (Å²) in [5, 5.41) is 3.32. The Morgan fingerprint density at radius 3 is 2.79 bits per heavy atom. The highest BCUT2D eigenvalue weighted by molar-refractivity contribution is 9.10. The Morgan fingerprint density at radius 2 is 2.07 bits per heavy atom. The van der Waals surface area contributed by atoms with Gasteiger partial charge in [-0.1, -0.05) is 0 Å². The number of carbonyl (C=O) groups excluding carboxylic acids is 1. The number of morpholine rings is 1. The molecule has 1 aromatic carbocycles. The van der Waals surface area contributed by atoms with Crippen molar-refractivity contribution in [2.75, 3.05) is 37.8 Å². The minimum atomic E-state index is -0.194. The number of furan rings is 1. The van der Waals surface area contributed by atoms with Crippen molar-refractivity contribution in [3.63, 3.8) is 0 Å². The minimum absolute atomic E-state index is 0.194. The van der Waals surface area contributed by atoms with E-state index in [0.29, 0.717) is 35.7 Å². The van der Waals surface area contributed by atoms with Crippen LogP contribution in [0.1, 0.15) is 12.7 Å². The van der Waals surface area contributed by atoms with Gasteiger partial charge in [-0.25, -0.2) is 4.99 Å². The highest BCUT2D eigenvalue weighted by Gasteiger charge is 2.25. The van der Waals surface area contributed by atoms with Crippen molar-refractivity contribution in [1.29, 1.82) is 0 Å². The molecular formula is C20H20BrN3O4S. The van der Waals surface area contributed by atoms with Gasteiger partial charge >= 0.3 is 0 Å². The molecule has 3 heterocycles. The number of hydrogen-bond acceptors (Lipinski definition) is 7. The molecule has 0 bridgehead atoms. The van der Waals surface area contributed by atoms with Crippen molar-refractivity contribution in [1.82, 2.24) is 5.32 Å². The fourth-order valence-electron chi connectivity index (χ4n) is 2.94. The van der Waals surface area contributed by atoms with E-state index in [2.05, 4.69) is 31.1 Å². The molecule has 0 saturated carbocycles. The van der Waals surface area contributed by atoms with Crippen LogP contribution in [0.15, 0.2) is 49.1 Å². The van der Waals surface area contributed by atoms with Crippen LogP contribution in [-0.2, 0) is 9.53 Å². The third-order valence-corrected chi connectivity index (χ3v) is 5.77. The maximum Gasteiger partial charge on any atom is 0.264 e. The van der Waals surface area contributed by atoms with Gasteiger partial charge in [0, 0.05) is 25.2 Å². The lowest BCUT2D eigenvalue weighted by atomic mass is 10.3. The molecule has 2 fully saturated rings. The van der Waals surface area contributed by atoms with Gasteiger partial charge in [0.1, 0.15) is 11.5 Å². The maximum atomic E-state index is 12.3. The van der Waals surface area contributed by atoms with E-state index in [1.165, 1.54) is 11.8 Å². The van der Waals surface area contributed by atoms with Gasteiger partial charge in [0.25, 0.3) is 5.91 Å². The summed E-state index contributed by atoms with van der Waals surface area (Å²) in [6, 6.07) is 9.28. The molecule has 0 aliphatic carbocycles. The topological polar surface area (TPSA) is 76.3 Å². The number of benzene rings is 1. The SMILES string of the molecule is CCOc1ccc(N=C2NC(=O)/C(=C/c3cc(Br)c(N4CCOCC4)o3)S2)cc1. The van der Waals surface area contributed by atoms with Gasteiger partial charge in [-0.3, -0.25) is 4.79 Å². The monoisotopic (exact) mass is 477 g/mol. The summed E-state index contributed by atoms with van der Waals surface area (Å²) in [4.78, 5) is 19.5. The third-order valence-electron chi connectivity index (χ3n) is 4.29. The number of thioether (sulfide) groups is 1. The zero-order valence-electron chi connectivity index (χ0n) is 15.8. The predicted octanol–water partition coefficient (Wildman–Crippen LogP) is 4.17. The molecule has 29 heavy (non-hydrogen) atoms. The van der Waals surface area contributed by atoms with Crippen LogP contribution in [0, 0.1) is 0 Å². The fraction of sp³-hybridized carbons (Fsp3) is 0.300. The molecule has 1 N–H and O–H groups in total. The van der Waals surface area contributed by atoms with Gasteiger partial charge in [-0.2, -0.15) is 0 Å². The van der Waals surface area contributed by atoms with Crippen LogP contribution in [0.5, 0.6) is 5.75 Å². The number of nitrogens with one attached hydrogen (secondary N) is 1. The number of rotatable bonds is 5. The average Bonchev–Trinajstić information content (AvgIpc) is 3.26. The van der Waals surface area contributed by atoms with Crippen molar-refractivity contribution in [2.24, 2.45) is 4.99 Å². The predicted molar refractivity (Wildman–Crippen MR) is 118 cm³/mol. The Hall–Kier alpha value is -2.23. The molecule has 2 saturated heterocycles. The van der Waals surface area contributed by atoms with Gasteiger partial charge in [0.05, 0.1) is 34.9 Å². The fourth-order valence-corrected chi connectivity index (χ4v) is 4.32. The van der Waals surface area contributed by atoms with Crippen molar-refractivity contribution in [3.8, 4) is 5.75 Å². The van der Waals surface area contributed by atoms with Crippen LogP contribution in [-0.4, -0.2) is 44.0 Å². The van der Waals surface area contributed by atoms with E-state index in [9.17, 15) is 4.79 Å². The van der Waals surface area contributed by atoms with Crippen LogP contribution in [0.2, 0.25) is 0 Å². The summed E-state index contributed by atoms with van der Waals surface area (Å²) in [5.41, 5.74) is 0.743. The molecule has 152 valence electrons.